The molecule has 4 heteroatoms. The first-order valence-electron chi connectivity index (χ1n) is 6.30. The van der Waals surface area contributed by atoms with E-state index in [2.05, 4.69) is 24.1 Å². The fourth-order valence-electron chi connectivity index (χ4n) is 1.66. The Hall–Kier alpha value is -1.44. The van der Waals surface area contributed by atoms with Gasteiger partial charge in [0, 0.05) is 17.4 Å². The van der Waals surface area contributed by atoms with Crippen LogP contribution in [0.1, 0.15) is 29.3 Å². The van der Waals surface area contributed by atoms with Crippen molar-refractivity contribution in [3.8, 4) is 11.8 Å². The number of thioether (sulfide) groups is 1. The summed E-state index contributed by atoms with van der Waals surface area (Å²) in [4.78, 5) is 12.3. The molecule has 0 saturated carbocycles. The summed E-state index contributed by atoms with van der Waals surface area (Å²) >= 11 is 1.73. The first kappa shape index (κ1) is 15.6. The Kier molecular flexibility index (Phi) is 7.09. The van der Waals surface area contributed by atoms with Crippen LogP contribution < -0.4 is 11.1 Å². The van der Waals surface area contributed by atoms with Crippen molar-refractivity contribution in [2.45, 2.75) is 19.4 Å². The molecule has 19 heavy (non-hydrogen) atoms. The molecule has 1 aromatic rings. The fraction of sp³-hybridized carbons (Fsp3) is 0.400. The molecule has 0 radical (unpaired) electrons. The predicted molar refractivity (Wildman–Crippen MR) is 82.3 cm³/mol. The van der Waals surface area contributed by atoms with Gasteiger partial charge in [-0.1, -0.05) is 30.9 Å². The molecule has 3 nitrogen and oxygen atoms in total. The minimum absolute atomic E-state index is 0.0668. The molecule has 0 aliphatic heterocycles. The van der Waals surface area contributed by atoms with Crippen LogP contribution in [0.15, 0.2) is 24.3 Å². The summed E-state index contributed by atoms with van der Waals surface area (Å²) in [6.07, 6.45) is 2.96. The zero-order valence-electron chi connectivity index (χ0n) is 11.4. The molecule has 1 aromatic carbocycles. The summed E-state index contributed by atoms with van der Waals surface area (Å²) in [5, 5.41) is 3.04. The lowest BCUT2D eigenvalue weighted by Crippen LogP contribution is -2.36. The Labute approximate surface area is 119 Å². The van der Waals surface area contributed by atoms with Gasteiger partial charge >= 0.3 is 0 Å². The Bertz CT molecular complexity index is 477. The molecule has 1 amide bonds. The lowest BCUT2D eigenvalue weighted by Gasteiger charge is -2.16. The smallest absolute Gasteiger partial charge is 0.252 e. The quantitative estimate of drug-likeness (QED) is 0.807. The van der Waals surface area contributed by atoms with E-state index in [1.165, 1.54) is 0 Å². The van der Waals surface area contributed by atoms with Gasteiger partial charge in [0.15, 0.2) is 0 Å². The SMILES string of the molecule is CCC(CSC)NC(=O)c1ccccc1C#CCN. The first-order valence-corrected chi connectivity index (χ1v) is 7.70. The zero-order chi connectivity index (χ0) is 14.1. The molecule has 0 fully saturated rings. The van der Waals surface area contributed by atoms with Crippen LogP contribution in [0, 0.1) is 11.8 Å². The molecular weight excluding hydrogens is 256 g/mol. The highest BCUT2D eigenvalue weighted by Crippen LogP contribution is 2.09. The minimum atomic E-state index is -0.0668. The summed E-state index contributed by atoms with van der Waals surface area (Å²) in [5.74, 6) is 6.57. The van der Waals surface area contributed by atoms with Gasteiger partial charge in [0.2, 0.25) is 0 Å². The third-order valence-electron chi connectivity index (χ3n) is 2.69. The third-order valence-corrected chi connectivity index (χ3v) is 3.43. The first-order chi connectivity index (χ1) is 9.22. The second-order valence-corrected chi connectivity index (χ2v) is 5.00. The largest absolute Gasteiger partial charge is 0.348 e. The molecular formula is C15H20N2OS. The number of carbonyl (C=O) groups is 1. The summed E-state index contributed by atoms with van der Waals surface area (Å²) in [6, 6.07) is 7.54. The van der Waals surface area contributed by atoms with Gasteiger partial charge in [-0.2, -0.15) is 11.8 Å². The van der Waals surface area contributed by atoms with Crippen molar-refractivity contribution in [3.05, 3.63) is 35.4 Å². The molecule has 0 aliphatic carbocycles. The molecule has 1 atom stereocenters. The number of carbonyl (C=O) groups excluding carboxylic acids is 1. The van der Waals surface area contributed by atoms with Crippen LogP contribution in [-0.4, -0.2) is 30.5 Å². The second kappa shape index (κ2) is 8.63. The molecule has 0 heterocycles. The van der Waals surface area contributed by atoms with E-state index in [4.69, 9.17) is 5.73 Å². The Morgan fingerprint density at radius 2 is 2.21 bits per heavy atom. The van der Waals surface area contributed by atoms with Crippen LogP contribution in [0.3, 0.4) is 0 Å². The summed E-state index contributed by atoms with van der Waals surface area (Å²) in [7, 11) is 0. The van der Waals surface area contributed by atoms with Gasteiger partial charge in [-0.05, 0) is 24.8 Å². The van der Waals surface area contributed by atoms with Crippen molar-refractivity contribution in [3.63, 3.8) is 0 Å². The molecule has 1 rings (SSSR count). The van der Waals surface area contributed by atoms with E-state index in [9.17, 15) is 4.79 Å². The number of rotatable bonds is 5. The standard InChI is InChI=1S/C15H20N2OS/c1-3-13(11-19-2)17-15(18)14-9-5-4-7-12(14)8-6-10-16/h4-5,7,9,13H,3,10-11,16H2,1-2H3,(H,17,18). The fourth-order valence-corrected chi connectivity index (χ4v) is 2.38. The van der Waals surface area contributed by atoms with Gasteiger partial charge in [0.1, 0.15) is 0 Å². The Balaban J connectivity index is 2.87. The highest BCUT2D eigenvalue weighted by molar-refractivity contribution is 7.98. The molecule has 0 aromatic heterocycles. The van der Waals surface area contributed by atoms with Gasteiger partial charge in [0.05, 0.1) is 12.1 Å². The molecule has 0 saturated heterocycles. The van der Waals surface area contributed by atoms with E-state index >= 15 is 0 Å². The van der Waals surface area contributed by atoms with Gasteiger partial charge in [-0.3, -0.25) is 4.79 Å². The average molecular weight is 276 g/mol. The van der Waals surface area contributed by atoms with Crippen LogP contribution in [0.4, 0.5) is 0 Å². The zero-order valence-corrected chi connectivity index (χ0v) is 12.2. The van der Waals surface area contributed by atoms with Crippen LogP contribution in [0.2, 0.25) is 0 Å². The number of benzene rings is 1. The van der Waals surface area contributed by atoms with Crippen LogP contribution in [0.25, 0.3) is 0 Å². The van der Waals surface area contributed by atoms with Gasteiger partial charge in [-0.15, -0.1) is 0 Å². The van der Waals surface area contributed by atoms with Gasteiger partial charge < -0.3 is 11.1 Å². The molecule has 0 spiro atoms. The van der Waals surface area contributed by atoms with Crippen molar-refractivity contribution in [2.24, 2.45) is 5.73 Å². The van der Waals surface area contributed by atoms with Crippen molar-refractivity contribution in [1.82, 2.24) is 5.32 Å². The highest BCUT2D eigenvalue weighted by atomic mass is 32.2. The van der Waals surface area contributed by atoms with Crippen LogP contribution in [0.5, 0.6) is 0 Å². The van der Waals surface area contributed by atoms with E-state index < -0.39 is 0 Å². The predicted octanol–water partition coefficient (Wildman–Crippen LogP) is 1.87. The normalized spacial score (nSPS) is 11.3. The number of nitrogens with one attached hydrogen (secondary N) is 1. The molecule has 1 unspecified atom stereocenters. The monoisotopic (exact) mass is 276 g/mol. The second-order valence-electron chi connectivity index (χ2n) is 4.09. The van der Waals surface area contributed by atoms with E-state index in [0.29, 0.717) is 12.1 Å². The highest BCUT2D eigenvalue weighted by Gasteiger charge is 2.13. The van der Waals surface area contributed by atoms with E-state index in [1.807, 2.05) is 24.5 Å². The summed E-state index contributed by atoms with van der Waals surface area (Å²) < 4.78 is 0. The topological polar surface area (TPSA) is 55.1 Å². The van der Waals surface area contributed by atoms with Crippen molar-refractivity contribution in [1.29, 1.82) is 0 Å². The van der Waals surface area contributed by atoms with Crippen LogP contribution in [-0.2, 0) is 0 Å². The van der Waals surface area contributed by atoms with E-state index in [0.717, 1.165) is 17.7 Å². The van der Waals surface area contributed by atoms with Gasteiger partial charge in [0.25, 0.3) is 5.91 Å². The van der Waals surface area contributed by atoms with Crippen molar-refractivity contribution >= 4 is 17.7 Å². The third kappa shape index (κ3) is 4.98. The molecule has 102 valence electrons. The Morgan fingerprint density at radius 3 is 2.84 bits per heavy atom. The maximum Gasteiger partial charge on any atom is 0.252 e. The average Bonchev–Trinajstić information content (AvgIpc) is 2.44. The molecule has 3 N–H and O–H groups in total. The molecule has 0 aliphatic rings. The Morgan fingerprint density at radius 1 is 1.47 bits per heavy atom. The van der Waals surface area contributed by atoms with Gasteiger partial charge in [-0.25, -0.2) is 0 Å². The van der Waals surface area contributed by atoms with Crippen molar-refractivity contribution in [2.75, 3.05) is 18.6 Å². The lowest BCUT2D eigenvalue weighted by atomic mass is 10.1. The number of nitrogens with two attached hydrogens (primary N) is 1. The molecule has 0 bridgehead atoms. The van der Waals surface area contributed by atoms with E-state index in [1.54, 1.807) is 17.8 Å². The minimum Gasteiger partial charge on any atom is -0.348 e. The number of amides is 1. The number of hydrogen-bond donors (Lipinski definition) is 2. The summed E-state index contributed by atoms with van der Waals surface area (Å²) in [6.45, 7) is 2.36. The van der Waals surface area contributed by atoms with Crippen molar-refractivity contribution < 1.29 is 4.79 Å². The lowest BCUT2D eigenvalue weighted by molar-refractivity contribution is 0.0940. The summed E-state index contributed by atoms with van der Waals surface area (Å²) in [5.41, 5.74) is 6.71. The maximum atomic E-state index is 12.3. The van der Waals surface area contributed by atoms with Crippen LogP contribution >= 0.6 is 11.8 Å². The number of hydrogen-bond acceptors (Lipinski definition) is 3. The maximum absolute atomic E-state index is 12.3. The van der Waals surface area contributed by atoms with E-state index in [-0.39, 0.29) is 11.9 Å².